The number of thioether (sulfide) groups is 1. The second kappa shape index (κ2) is 10.8. The molecule has 3 aromatic heterocycles. The molecule has 1 unspecified atom stereocenters. The van der Waals surface area contributed by atoms with Crippen LogP contribution in [0.25, 0.3) is 11.4 Å². The third-order valence-electron chi connectivity index (χ3n) is 7.52. The van der Waals surface area contributed by atoms with Crippen LogP contribution in [0.1, 0.15) is 66.5 Å². The first-order valence-electron chi connectivity index (χ1n) is 12.9. The van der Waals surface area contributed by atoms with Gasteiger partial charge in [-0.1, -0.05) is 38.6 Å². The third kappa shape index (κ3) is 5.29. The summed E-state index contributed by atoms with van der Waals surface area (Å²) in [6.45, 7) is 11.4. The Morgan fingerprint density at radius 2 is 2.08 bits per heavy atom. The standard InChI is InChI=1S/C28H33N5OS3/c1-5-12-33-25(21-15-35-22-9-7-6-8-18(21)22)31-32-27(33)36-16-24(34)30-26-20(14-29)19-11-10-17(28(2,3)4)13-23(19)37-26/h5,15,17H,1,6-13,16H2,2-4H3,(H,30,34). The topological polar surface area (TPSA) is 83.6 Å². The predicted molar refractivity (Wildman–Crippen MR) is 154 cm³/mol. The van der Waals surface area contributed by atoms with Gasteiger partial charge in [-0.3, -0.25) is 9.36 Å². The Kier molecular flexibility index (Phi) is 7.62. The molecule has 5 rings (SSSR count). The number of rotatable bonds is 7. The van der Waals surface area contributed by atoms with Gasteiger partial charge in [0.1, 0.15) is 11.1 Å². The lowest BCUT2D eigenvalue weighted by Crippen LogP contribution is -2.26. The summed E-state index contributed by atoms with van der Waals surface area (Å²) in [6, 6.07) is 2.36. The maximum Gasteiger partial charge on any atom is 0.235 e. The van der Waals surface area contributed by atoms with Crippen molar-refractivity contribution >= 4 is 45.3 Å². The van der Waals surface area contributed by atoms with Crippen LogP contribution in [0.5, 0.6) is 0 Å². The highest BCUT2D eigenvalue weighted by Gasteiger charge is 2.32. The lowest BCUT2D eigenvalue weighted by molar-refractivity contribution is -0.113. The molecule has 2 aliphatic rings. The van der Waals surface area contributed by atoms with Gasteiger partial charge in [0.2, 0.25) is 5.91 Å². The highest BCUT2D eigenvalue weighted by molar-refractivity contribution is 7.99. The Morgan fingerprint density at radius 1 is 1.27 bits per heavy atom. The van der Waals surface area contributed by atoms with Gasteiger partial charge < -0.3 is 5.32 Å². The van der Waals surface area contributed by atoms with Crippen LogP contribution in [0.3, 0.4) is 0 Å². The summed E-state index contributed by atoms with van der Waals surface area (Å²) in [5.41, 5.74) is 4.58. The number of carbonyl (C=O) groups excluding carboxylic acids is 1. The summed E-state index contributed by atoms with van der Waals surface area (Å²) in [5, 5.41) is 25.4. The molecule has 3 aromatic rings. The largest absolute Gasteiger partial charge is 0.316 e. The maximum atomic E-state index is 13.0. The fourth-order valence-electron chi connectivity index (χ4n) is 5.39. The van der Waals surface area contributed by atoms with Crippen molar-refractivity contribution in [3.63, 3.8) is 0 Å². The fourth-order valence-corrected chi connectivity index (χ4v) is 8.56. The monoisotopic (exact) mass is 551 g/mol. The Balaban J connectivity index is 1.30. The molecule has 0 aromatic carbocycles. The normalized spacial score (nSPS) is 17.1. The van der Waals surface area contributed by atoms with Crippen molar-refractivity contribution in [1.82, 2.24) is 14.8 Å². The number of amides is 1. The van der Waals surface area contributed by atoms with Crippen molar-refractivity contribution in [2.24, 2.45) is 11.3 Å². The third-order valence-corrected chi connectivity index (χ3v) is 10.7. The number of aryl methyl sites for hydroxylation is 1. The molecule has 0 saturated heterocycles. The number of thiophene rings is 2. The van der Waals surface area contributed by atoms with Crippen molar-refractivity contribution in [2.45, 2.75) is 77.4 Å². The van der Waals surface area contributed by atoms with Crippen molar-refractivity contribution < 1.29 is 4.79 Å². The number of nitriles is 1. The van der Waals surface area contributed by atoms with E-state index >= 15 is 0 Å². The van der Waals surface area contributed by atoms with Crippen molar-refractivity contribution in [3.05, 3.63) is 44.5 Å². The summed E-state index contributed by atoms with van der Waals surface area (Å²) < 4.78 is 2.05. The summed E-state index contributed by atoms with van der Waals surface area (Å²) in [7, 11) is 0. The number of allylic oxidation sites excluding steroid dienone is 1. The lowest BCUT2D eigenvalue weighted by atomic mass is 9.72. The average Bonchev–Trinajstić information content (AvgIpc) is 3.56. The Hall–Kier alpha value is -2.41. The number of anilines is 1. The highest BCUT2D eigenvalue weighted by Crippen LogP contribution is 2.44. The summed E-state index contributed by atoms with van der Waals surface area (Å²) in [5.74, 6) is 1.52. The minimum Gasteiger partial charge on any atom is -0.316 e. The van der Waals surface area contributed by atoms with Crippen LogP contribution in [-0.2, 0) is 37.0 Å². The Morgan fingerprint density at radius 3 is 2.84 bits per heavy atom. The number of nitrogens with one attached hydrogen (secondary N) is 1. The molecule has 1 amide bonds. The van der Waals surface area contributed by atoms with Crippen LogP contribution < -0.4 is 5.32 Å². The molecule has 1 atom stereocenters. The first kappa shape index (κ1) is 26.2. The molecular weight excluding hydrogens is 519 g/mol. The minimum atomic E-state index is -0.130. The molecule has 0 aliphatic heterocycles. The van der Waals surface area contributed by atoms with Gasteiger partial charge in [-0.2, -0.15) is 5.26 Å². The van der Waals surface area contributed by atoms with E-state index in [1.807, 2.05) is 17.4 Å². The second-order valence-electron chi connectivity index (χ2n) is 10.9. The molecule has 1 N–H and O–H groups in total. The molecule has 9 heteroatoms. The SMILES string of the molecule is C=CCn1c(SCC(=O)Nc2sc3c(c2C#N)CCC(C(C)(C)C)C3)nnc1-c1csc2c1CCCC2. The molecule has 0 bridgehead atoms. The van der Waals surface area contributed by atoms with Crippen LogP contribution in [0.4, 0.5) is 5.00 Å². The molecule has 0 radical (unpaired) electrons. The van der Waals surface area contributed by atoms with E-state index in [1.54, 1.807) is 11.3 Å². The molecule has 6 nitrogen and oxygen atoms in total. The van der Waals surface area contributed by atoms with E-state index in [4.69, 9.17) is 0 Å². The number of hydrogen-bond acceptors (Lipinski definition) is 7. The number of carbonyl (C=O) groups is 1. The van der Waals surface area contributed by atoms with Gasteiger partial charge >= 0.3 is 0 Å². The molecule has 0 spiro atoms. The van der Waals surface area contributed by atoms with Crippen LogP contribution in [0.15, 0.2) is 23.2 Å². The summed E-state index contributed by atoms with van der Waals surface area (Å²) >= 11 is 4.77. The zero-order chi connectivity index (χ0) is 26.2. The summed E-state index contributed by atoms with van der Waals surface area (Å²) in [6.07, 6.45) is 9.50. The fraction of sp³-hybridized carbons (Fsp3) is 0.500. The summed E-state index contributed by atoms with van der Waals surface area (Å²) in [4.78, 5) is 15.7. The van der Waals surface area contributed by atoms with Crippen LogP contribution >= 0.6 is 34.4 Å². The van der Waals surface area contributed by atoms with Gasteiger partial charge in [0.05, 0.1) is 11.3 Å². The van der Waals surface area contributed by atoms with Gasteiger partial charge in [0.25, 0.3) is 0 Å². The van der Waals surface area contributed by atoms with E-state index in [0.29, 0.717) is 28.2 Å². The Bertz CT molecular complexity index is 1370. The average molecular weight is 552 g/mol. The predicted octanol–water partition coefficient (Wildman–Crippen LogP) is 6.89. The Labute approximate surface area is 231 Å². The van der Waals surface area contributed by atoms with Gasteiger partial charge in [-0.25, -0.2) is 0 Å². The minimum absolute atomic E-state index is 0.130. The molecule has 0 fully saturated rings. The molecule has 0 saturated carbocycles. The van der Waals surface area contributed by atoms with E-state index in [0.717, 1.165) is 43.5 Å². The molecule has 37 heavy (non-hydrogen) atoms. The van der Waals surface area contributed by atoms with E-state index in [9.17, 15) is 10.1 Å². The lowest BCUT2D eigenvalue weighted by Gasteiger charge is -2.33. The van der Waals surface area contributed by atoms with Crippen LogP contribution in [0.2, 0.25) is 0 Å². The number of aromatic nitrogens is 3. The molecule has 2 aliphatic carbocycles. The molecule has 194 valence electrons. The van der Waals surface area contributed by atoms with Gasteiger partial charge in [-0.05, 0) is 67.4 Å². The van der Waals surface area contributed by atoms with Crippen LogP contribution in [0, 0.1) is 22.7 Å². The van der Waals surface area contributed by atoms with Crippen molar-refractivity contribution in [1.29, 1.82) is 5.26 Å². The maximum absolute atomic E-state index is 13.0. The van der Waals surface area contributed by atoms with Crippen LogP contribution in [-0.4, -0.2) is 26.4 Å². The smallest absolute Gasteiger partial charge is 0.235 e. The van der Waals surface area contributed by atoms with E-state index in [-0.39, 0.29) is 17.1 Å². The van der Waals surface area contributed by atoms with Gasteiger partial charge in [0.15, 0.2) is 11.0 Å². The molecule has 3 heterocycles. The number of hydrogen-bond donors (Lipinski definition) is 1. The molecular formula is C28H33N5OS3. The second-order valence-corrected chi connectivity index (χ2v) is 13.9. The van der Waals surface area contributed by atoms with Gasteiger partial charge in [-0.15, -0.1) is 39.4 Å². The highest BCUT2D eigenvalue weighted by atomic mass is 32.2. The van der Waals surface area contributed by atoms with Crippen molar-refractivity contribution in [2.75, 3.05) is 11.1 Å². The van der Waals surface area contributed by atoms with E-state index in [1.165, 1.54) is 45.5 Å². The quantitative estimate of drug-likeness (QED) is 0.255. The number of fused-ring (bicyclic) bond motifs is 2. The zero-order valence-corrected chi connectivity index (χ0v) is 24.2. The van der Waals surface area contributed by atoms with Gasteiger partial charge in [0, 0.05) is 27.2 Å². The first-order chi connectivity index (χ1) is 17.8. The van der Waals surface area contributed by atoms with Crippen molar-refractivity contribution in [3.8, 4) is 17.5 Å². The van der Waals surface area contributed by atoms with E-state index < -0.39 is 0 Å². The first-order valence-corrected chi connectivity index (χ1v) is 15.6. The van der Waals surface area contributed by atoms with E-state index in [2.05, 4.69) is 58.9 Å². The number of nitrogens with zero attached hydrogens (tertiary/aromatic N) is 4. The zero-order valence-electron chi connectivity index (χ0n) is 21.7.